The molecule has 0 aromatic heterocycles. The number of carbonyl (C=O) groups is 1. The maximum atomic E-state index is 12.7. The molecule has 1 nitrogen and oxygen atoms in total. The van der Waals surface area contributed by atoms with Crippen molar-refractivity contribution in [1.29, 1.82) is 0 Å². The Hall–Kier alpha value is -0.470. The van der Waals surface area contributed by atoms with Gasteiger partial charge in [-0.15, -0.1) is 0 Å². The summed E-state index contributed by atoms with van der Waals surface area (Å²) in [5, 5.41) is 0. The zero-order valence-corrected chi connectivity index (χ0v) is 5.39. The monoisotopic (exact) mass is 146 g/mol. The van der Waals surface area contributed by atoms with E-state index in [-0.39, 0.29) is 5.78 Å². The highest BCUT2D eigenvalue weighted by Crippen LogP contribution is 2.44. The molecule has 0 aromatic rings. The molecule has 2 saturated carbocycles. The number of carbonyl (C=O) groups excluding carboxylic acids is 1. The van der Waals surface area contributed by atoms with Crippen LogP contribution in [0.4, 0.5) is 8.78 Å². The molecule has 0 N–H and O–H groups in total. The number of ketones is 1. The molecule has 0 aromatic carbocycles. The Labute approximate surface area is 57.4 Å². The van der Waals surface area contributed by atoms with Crippen LogP contribution < -0.4 is 0 Å². The highest BCUT2D eigenvalue weighted by atomic mass is 19.2. The molecule has 0 amide bonds. The molecular formula is C7H8F2O. The fourth-order valence-corrected chi connectivity index (χ4v) is 1.99. The Morgan fingerprint density at radius 3 is 1.70 bits per heavy atom. The van der Waals surface area contributed by atoms with Gasteiger partial charge in [-0.05, 0) is 12.8 Å². The van der Waals surface area contributed by atoms with Crippen molar-refractivity contribution in [2.45, 2.75) is 25.2 Å². The van der Waals surface area contributed by atoms with Crippen molar-refractivity contribution >= 4 is 5.78 Å². The molecule has 0 radical (unpaired) electrons. The van der Waals surface area contributed by atoms with E-state index in [0.29, 0.717) is 12.8 Å². The van der Waals surface area contributed by atoms with Gasteiger partial charge in [-0.2, -0.15) is 0 Å². The van der Waals surface area contributed by atoms with Crippen LogP contribution in [-0.4, -0.2) is 18.1 Å². The molecule has 10 heavy (non-hydrogen) atoms. The fraction of sp³-hybridized carbons (Fsp3) is 0.857. The van der Waals surface area contributed by atoms with Gasteiger partial charge in [0.1, 0.15) is 18.1 Å². The van der Waals surface area contributed by atoms with Crippen LogP contribution in [0.15, 0.2) is 0 Å². The summed E-state index contributed by atoms with van der Waals surface area (Å²) in [4.78, 5) is 10.9. The molecule has 2 rings (SSSR count). The lowest BCUT2D eigenvalue weighted by Gasteiger charge is -2.15. The zero-order chi connectivity index (χ0) is 7.30. The van der Waals surface area contributed by atoms with Crippen molar-refractivity contribution in [3.63, 3.8) is 0 Å². The average molecular weight is 146 g/mol. The molecule has 4 atom stereocenters. The van der Waals surface area contributed by atoms with E-state index in [9.17, 15) is 13.6 Å². The quantitative estimate of drug-likeness (QED) is 0.503. The van der Waals surface area contributed by atoms with E-state index in [0.717, 1.165) is 0 Å². The largest absolute Gasteiger partial charge is 0.299 e. The topological polar surface area (TPSA) is 17.1 Å². The number of halogens is 2. The van der Waals surface area contributed by atoms with Crippen molar-refractivity contribution < 1.29 is 13.6 Å². The number of Topliss-reactive ketones (excluding diaryl/α,β-unsaturated/α-hetero) is 1. The summed E-state index contributed by atoms with van der Waals surface area (Å²) in [7, 11) is 0. The van der Waals surface area contributed by atoms with Crippen molar-refractivity contribution in [3.8, 4) is 0 Å². The first-order chi connectivity index (χ1) is 4.72. The molecule has 0 aliphatic heterocycles. The number of fused-ring (bicyclic) bond motifs is 2. The van der Waals surface area contributed by atoms with Gasteiger partial charge in [0.05, 0.1) is 11.8 Å². The molecule has 3 heteroatoms. The maximum Gasteiger partial charge on any atom is 0.145 e. The lowest BCUT2D eigenvalue weighted by atomic mass is 9.97. The zero-order valence-electron chi connectivity index (χ0n) is 5.39. The van der Waals surface area contributed by atoms with Gasteiger partial charge in [-0.25, -0.2) is 8.78 Å². The van der Waals surface area contributed by atoms with E-state index >= 15 is 0 Å². The van der Waals surface area contributed by atoms with Crippen LogP contribution in [0.5, 0.6) is 0 Å². The van der Waals surface area contributed by atoms with Crippen LogP contribution >= 0.6 is 0 Å². The van der Waals surface area contributed by atoms with Crippen LogP contribution in [0.3, 0.4) is 0 Å². The number of hydrogen-bond acceptors (Lipinski definition) is 1. The van der Waals surface area contributed by atoms with Crippen molar-refractivity contribution in [2.24, 2.45) is 11.8 Å². The van der Waals surface area contributed by atoms with Crippen LogP contribution in [0.2, 0.25) is 0 Å². The summed E-state index contributed by atoms with van der Waals surface area (Å²) in [5.41, 5.74) is 0. The van der Waals surface area contributed by atoms with Gasteiger partial charge in [0.15, 0.2) is 0 Å². The Balaban J connectivity index is 2.29. The first-order valence-corrected chi connectivity index (χ1v) is 3.53. The predicted octanol–water partition coefficient (Wildman–Crippen LogP) is 1.27. The Morgan fingerprint density at radius 2 is 1.50 bits per heavy atom. The second kappa shape index (κ2) is 1.77. The Morgan fingerprint density at radius 1 is 1.10 bits per heavy atom. The lowest BCUT2D eigenvalue weighted by molar-refractivity contribution is -0.122. The summed E-state index contributed by atoms with van der Waals surface area (Å²) < 4.78 is 25.3. The average Bonchev–Trinajstić information content (AvgIpc) is 2.34. The van der Waals surface area contributed by atoms with Gasteiger partial charge in [0.25, 0.3) is 0 Å². The number of alkyl halides is 2. The molecule has 0 spiro atoms. The van der Waals surface area contributed by atoms with Crippen LogP contribution in [-0.2, 0) is 4.79 Å². The normalized spacial score (nSPS) is 52.4. The number of hydrogen-bond donors (Lipinski definition) is 0. The minimum absolute atomic E-state index is 0.181. The summed E-state index contributed by atoms with van der Waals surface area (Å²) in [6.07, 6.45) is -1.87. The van der Waals surface area contributed by atoms with E-state index in [1.165, 1.54) is 0 Å². The lowest BCUT2D eigenvalue weighted by Crippen LogP contribution is -2.24. The fourth-order valence-electron chi connectivity index (χ4n) is 1.99. The molecular weight excluding hydrogens is 138 g/mol. The summed E-state index contributed by atoms with van der Waals surface area (Å²) in [5.74, 6) is -1.38. The van der Waals surface area contributed by atoms with E-state index in [2.05, 4.69) is 0 Å². The van der Waals surface area contributed by atoms with Crippen molar-refractivity contribution in [1.82, 2.24) is 0 Å². The van der Waals surface area contributed by atoms with E-state index in [4.69, 9.17) is 0 Å². The number of rotatable bonds is 0. The molecule has 2 bridgehead atoms. The first kappa shape index (κ1) is 6.25. The SMILES string of the molecule is O=C1[C@H]2CC[C@@H]1[C@H](F)[C@@H]2F. The molecule has 0 heterocycles. The Kier molecular flexibility index (Phi) is 1.11. The third-order valence-electron chi connectivity index (χ3n) is 2.59. The minimum Gasteiger partial charge on any atom is -0.299 e. The van der Waals surface area contributed by atoms with Crippen LogP contribution in [0.25, 0.3) is 0 Å². The van der Waals surface area contributed by atoms with E-state index in [1.54, 1.807) is 0 Å². The molecule has 0 unspecified atom stereocenters. The van der Waals surface area contributed by atoms with Gasteiger partial charge in [0, 0.05) is 0 Å². The highest BCUT2D eigenvalue weighted by Gasteiger charge is 2.55. The third kappa shape index (κ3) is 0.534. The summed E-state index contributed by atoms with van der Waals surface area (Å²) in [6, 6.07) is 0. The smallest absolute Gasteiger partial charge is 0.145 e. The van der Waals surface area contributed by atoms with Crippen molar-refractivity contribution in [3.05, 3.63) is 0 Å². The predicted molar refractivity (Wildman–Crippen MR) is 31.0 cm³/mol. The van der Waals surface area contributed by atoms with E-state index < -0.39 is 24.2 Å². The van der Waals surface area contributed by atoms with Gasteiger partial charge in [-0.3, -0.25) is 4.79 Å². The highest BCUT2D eigenvalue weighted by molar-refractivity contribution is 5.89. The summed E-state index contributed by atoms with van der Waals surface area (Å²) >= 11 is 0. The van der Waals surface area contributed by atoms with Crippen LogP contribution in [0.1, 0.15) is 12.8 Å². The molecule has 56 valence electrons. The minimum atomic E-state index is -1.49. The second-order valence-corrected chi connectivity index (χ2v) is 3.08. The summed E-state index contributed by atoms with van der Waals surface area (Å²) in [6.45, 7) is 0. The van der Waals surface area contributed by atoms with Gasteiger partial charge >= 0.3 is 0 Å². The molecule has 2 aliphatic rings. The van der Waals surface area contributed by atoms with Gasteiger partial charge in [0.2, 0.25) is 0 Å². The standard InChI is InChI=1S/C7H8F2O/c8-5-3-1-2-4(6(5)9)7(3)10/h3-6H,1-2H2/t3-,4+,5+,6-. The van der Waals surface area contributed by atoms with Gasteiger partial charge in [-0.1, -0.05) is 0 Å². The van der Waals surface area contributed by atoms with E-state index in [1.807, 2.05) is 0 Å². The first-order valence-electron chi connectivity index (χ1n) is 3.53. The van der Waals surface area contributed by atoms with Crippen molar-refractivity contribution in [2.75, 3.05) is 0 Å². The second-order valence-electron chi connectivity index (χ2n) is 3.08. The molecule has 0 saturated heterocycles. The third-order valence-corrected chi connectivity index (χ3v) is 2.59. The van der Waals surface area contributed by atoms with Gasteiger partial charge < -0.3 is 0 Å². The molecule has 2 fully saturated rings. The van der Waals surface area contributed by atoms with Crippen LogP contribution in [0, 0.1) is 11.8 Å². The maximum absolute atomic E-state index is 12.7. The molecule has 2 aliphatic carbocycles. The Bertz CT molecular complexity index is 162.